The molecule has 0 saturated carbocycles. The number of aliphatic carboxylic acids is 3. The van der Waals surface area contributed by atoms with Crippen LogP contribution in [-0.2, 0) is 14.4 Å². The quantitative estimate of drug-likeness (QED) is 0.442. The van der Waals surface area contributed by atoms with Gasteiger partial charge in [-0.05, 0) is 57.8 Å². The van der Waals surface area contributed by atoms with E-state index < -0.39 is 17.9 Å². The maximum Gasteiger partial charge on any atom is 3.00 e. The standard InChI is InChI=1S/3C7H10O2.Ga/c3*8-7(9)6-4-2-1-3-5-6;/h3*2,4,6H,1,3,5H2,(H,8,9);/q;;;+3/p-3. The summed E-state index contributed by atoms with van der Waals surface area (Å²) in [6.07, 6.45) is 19.1. The first-order chi connectivity index (χ1) is 12.9. The molecule has 0 radical (unpaired) electrons. The molecule has 6 nitrogen and oxygen atoms in total. The van der Waals surface area contributed by atoms with Gasteiger partial charge in [-0.1, -0.05) is 36.5 Å². The molecule has 0 N–H and O–H groups in total. The Morgan fingerprint density at radius 2 is 0.821 bits per heavy atom. The van der Waals surface area contributed by atoms with Gasteiger partial charge < -0.3 is 29.7 Å². The molecule has 3 atom stereocenters. The summed E-state index contributed by atoms with van der Waals surface area (Å²) in [4.78, 5) is 30.6. The van der Waals surface area contributed by atoms with E-state index in [9.17, 15) is 29.7 Å². The number of hydrogen-bond donors (Lipinski definition) is 0. The molecule has 0 heterocycles. The van der Waals surface area contributed by atoms with Gasteiger partial charge in [0.05, 0.1) is 0 Å². The van der Waals surface area contributed by atoms with E-state index in [-0.39, 0.29) is 37.5 Å². The molecule has 150 valence electrons. The molecule has 0 bridgehead atoms. The number of carbonyl (C=O) groups excluding carboxylic acids is 3. The Kier molecular flexibility index (Phi) is 14.3. The third-order valence-electron chi connectivity index (χ3n) is 4.67. The molecule has 0 aromatic rings. The van der Waals surface area contributed by atoms with E-state index in [1.807, 2.05) is 18.2 Å². The second kappa shape index (κ2) is 15.2. The average molecular weight is 445 g/mol. The van der Waals surface area contributed by atoms with Crippen molar-refractivity contribution >= 4 is 37.7 Å². The van der Waals surface area contributed by atoms with Crippen molar-refractivity contribution in [1.82, 2.24) is 0 Å². The van der Waals surface area contributed by atoms with Gasteiger partial charge in [0.2, 0.25) is 0 Å². The van der Waals surface area contributed by atoms with Crippen molar-refractivity contribution in [3.63, 3.8) is 0 Å². The predicted molar refractivity (Wildman–Crippen MR) is 100 cm³/mol. The van der Waals surface area contributed by atoms with Crippen molar-refractivity contribution in [2.24, 2.45) is 17.8 Å². The molecule has 3 rings (SSSR count). The van der Waals surface area contributed by atoms with Crippen LogP contribution in [0.25, 0.3) is 0 Å². The normalized spacial score (nSPS) is 25.1. The van der Waals surface area contributed by atoms with E-state index >= 15 is 0 Å². The SMILES string of the molecule is O=C([O-])C1C=CCCC1.O=C([O-])C1C=CCCC1.O=C([O-])C1C=CCCC1.[Ga+3]. The average Bonchev–Trinajstić information content (AvgIpc) is 2.71. The van der Waals surface area contributed by atoms with Crippen LogP contribution < -0.4 is 15.3 Å². The van der Waals surface area contributed by atoms with E-state index in [0.717, 1.165) is 57.8 Å². The van der Waals surface area contributed by atoms with Gasteiger partial charge in [0.1, 0.15) is 0 Å². The Morgan fingerprint density at radius 1 is 0.571 bits per heavy atom. The van der Waals surface area contributed by atoms with Gasteiger partial charge in [0, 0.05) is 35.7 Å². The van der Waals surface area contributed by atoms with Crippen LogP contribution in [0.2, 0.25) is 0 Å². The van der Waals surface area contributed by atoms with Crippen LogP contribution in [0, 0.1) is 17.8 Å². The van der Waals surface area contributed by atoms with Crippen molar-refractivity contribution in [2.75, 3.05) is 0 Å². The van der Waals surface area contributed by atoms with E-state index in [2.05, 4.69) is 0 Å². The summed E-state index contributed by atoms with van der Waals surface area (Å²) in [7, 11) is 0. The third kappa shape index (κ3) is 11.2. The summed E-state index contributed by atoms with van der Waals surface area (Å²) in [6.45, 7) is 0. The predicted octanol–water partition coefficient (Wildman–Crippen LogP) is -0.103. The summed E-state index contributed by atoms with van der Waals surface area (Å²) < 4.78 is 0. The number of carboxylic acids is 3. The Hall–Kier alpha value is -1.73. The van der Waals surface area contributed by atoms with E-state index in [1.54, 1.807) is 18.2 Å². The van der Waals surface area contributed by atoms with Gasteiger partial charge in [-0.3, -0.25) is 0 Å². The zero-order valence-corrected chi connectivity index (χ0v) is 18.5. The molecule has 7 heteroatoms. The molecule has 0 amide bonds. The van der Waals surface area contributed by atoms with Crippen LogP contribution in [0.3, 0.4) is 0 Å². The van der Waals surface area contributed by atoms with E-state index in [0.29, 0.717) is 0 Å². The summed E-state index contributed by atoms with van der Waals surface area (Å²) in [5.41, 5.74) is 0. The zero-order chi connectivity index (χ0) is 20.1. The fourth-order valence-corrected chi connectivity index (χ4v) is 3.03. The first kappa shape index (κ1) is 26.3. The number of carbonyl (C=O) groups is 3. The van der Waals surface area contributed by atoms with Gasteiger partial charge in [-0.2, -0.15) is 0 Å². The Balaban J connectivity index is 0.000000384. The number of allylic oxidation sites excluding steroid dienone is 3. The van der Waals surface area contributed by atoms with Crippen molar-refractivity contribution in [3.05, 3.63) is 36.5 Å². The van der Waals surface area contributed by atoms with Crippen LogP contribution in [0.4, 0.5) is 0 Å². The Bertz CT molecular complexity index is 501. The van der Waals surface area contributed by atoms with E-state index in [1.165, 1.54) is 0 Å². The van der Waals surface area contributed by atoms with Gasteiger partial charge in [0.15, 0.2) is 0 Å². The van der Waals surface area contributed by atoms with Crippen LogP contribution in [-0.4, -0.2) is 37.7 Å². The molecule has 0 fully saturated rings. The van der Waals surface area contributed by atoms with Crippen LogP contribution in [0.15, 0.2) is 36.5 Å². The van der Waals surface area contributed by atoms with Crippen molar-refractivity contribution in [1.29, 1.82) is 0 Å². The van der Waals surface area contributed by atoms with Crippen molar-refractivity contribution in [3.8, 4) is 0 Å². The smallest absolute Gasteiger partial charge is 0.550 e. The van der Waals surface area contributed by atoms with Gasteiger partial charge in [0.25, 0.3) is 0 Å². The zero-order valence-electron chi connectivity index (χ0n) is 16.1. The molecule has 3 unspecified atom stereocenters. The molecule has 0 saturated heterocycles. The van der Waals surface area contributed by atoms with Crippen LogP contribution in [0.1, 0.15) is 57.8 Å². The van der Waals surface area contributed by atoms with Crippen molar-refractivity contribution < 1.29 is 29.7 Å². The minimum absolute atomic E-state index is 0. The van der Waals surface area contributed by atoms with Gasteiger partial charge in [-0.15, -0.1) is 0 Å². The topological polar surface area (TPSA) is 120 Å². The fourth-order valence-electron chi connectivity index (χ4n) is 3.03. The van der Waals surface area contributed by atoms with Crippen LogP contribution in [0.5, 0.6) is 0 Å². The maximum atomic E-state index is 10.2. The minimum Gasteiger partial charge on any atom is -0.550 e. The van der Waals surface area contributed by atoms with Gasteiger partial charge >= 0.3 is 19.8 Å². The molecule has 3 aliphatic carbocycles. The number of rotatable bonds is 3. The maximum absolute atomic E-state index is 10.2. The Labute approximate surface area is 179 Å². The molecule has 0 aliphatic heterocycles. The van der Waals surface area contributed by atoms with Crippen molar-refractivity contribution in [2.45, 2.75) is 57.8 Å². The minimum atomic E-state index is -0.939. The van der Waals surface area contributed by atoms with Crippen LogP contribution >= 0.6 is 0 Å². The summed E-state index contributed by atoms with van der Waals surface area (Å²) in [5, 5.41) is 30.6. The number of carboxylic acid groups (broad SMARTS) is 3. The first-order valence-electron chi connectivity index (χ1n) is 9.54. The first-order valence-corrected chi connectivity index (χ1v) is 9.54. The molecule has 28 heavy (non-hydrogen) atoms. The molecule has 0 spiro atoms. The summed E-state index contributed by atoms with van der Waals surface area (Å²) in [5.74, 6) is -3.78. The molecular formula is C21H27GaO6. The monoisotopic (exact) mass is 444 g/mol. The summed E-state index contributed by atoms with van der Waals surface area (Å²) >= 11 is 0. The molecule has 0 aromatic heterocycles. The number of hydrogen-bond acceptors (Lipinski definition) is 6. The Morgan fingerprint density at radius 3 is 0.929 bits per heavy atom. The second-order valence-electron chi connectivity index (χ2n) is 6.85. The molecular weight excluding hydrogens is 418 g/mol. The fraction of sp³-hybridized carbons (Fsp3) is 0.571. The van der Waals surface area contributed by atoms with E-state index in [4.69, 9.17) is 0 Å². The molecule has 0 aromatic carbocycles. The molecule has 3 aliphatic rings. The third-order valence-corrected chi connectivity index (χ3v) is 4.67. The van der Waals surface area contributed by atoms with Gasteiger partial charge in [-0.25, -0.2) is 0 Å². The second-order valence-corrected chi connectivity index (χ2v) is 6.85. The summed E-state index contributed by atoms with van der Waals surface area (Å²) in [6, 6.07) is 0. The largest absolute Gasteiger partial charge is 3.00 e.